The van der Waals surface area contributed by atoms with Crippen LogP contribution in [0.3, 0.4) is 0 Å². The molecule has 0 radical (unpaired) electrons. The van der Waals surface area contributed by atoms with Gasteiger partial charge >= 0.3 is 17.9 Å². The second kappa shape index (κ2) is 53.0. The topological polar surface area (TPSA) is 78.9 Å². The Morgan fingerprint density at radius 1 is 0.312 bits per heavy atom. The van der Waals surface area contributed by atoms with Crippen LogP contribution in [0.1, 0.15) is 284 Å². The van der Waals surface area contributed by atoms with Gasteiger partial charge in [0, 0.05) is 19.3 Å². The van der Waals surface area contributed by atoms with Crippen molar-refractivity contribution in [2.75, 3.05) is 13.2 Å². The van der Waals surface area contributed by atoms with Crippen LogP contribution in [0.4, 0.5) is 0 Å². The van der Waals surface area contributed by atoms with Crippen LogP contribution in [0.15, 0.2) is 48.6 Å². The molecule has 6 heteroatoms. The van der Waals surface area contributed by atoms with Gasteiger partial charge in [0.2, 0.25) is 0 Å². The summed E-state index contributed by atoms with van der Waals surface area (Å²) in [7, 11) is 0. The fourth-order valence-corrected chi connectivity index (χ4v) is 7.81. The van der Waals surface area contributed by atoms with Crippen molar-refractivity contribution in [1.29, 1.82) is 0 Å². The average molecular weight is 897 g/mol. The summed E-state index contributed by atoms with van der Waals surface area (Å²) < 4.78 is 16.8. The van der Waals surface area contributed by atoms with Crippen molar-refractivity contribution in [3.63, 3.8) is 0 Å². The number of esters is 3. The molecule has 0 aliphatic rings. The van der Waals surface area contributed by atoms with Crippen molar-refractivity contribution >= 4 is 17.9 Å². The first-order valence-corrected chi connectivity index (χ1v) is 27.6. The fraction of sp³-hybridized carbons (Fsp3) is 0.810. The standard InChI is InChI=1S/C58H104O6/c1-4-7-10-13-16-19-22-25-28-29-31-33-36-39-42-45-48-51-57(60)63-54-55(53-62-56(59)50-47-44-41-38-35-32-27-24-21-18-15-12-9-6-3)64-58(61)52-49-46-43-40-37-34-30-26-23-20-17-14-11-8-5-2/h16,19,24-28,30,55H,4-15,17-18,20-23,29,31-54H2,1-3H3/b19-16-,27-24-,28-25-,30-26-. The lowest BCUT2D eigenvalue weighted by Gasteiger charge is -2.18. The third-order valence-corrected chi connectivity index (χ3v) is 12.0. The van der Waals surface area contributed by atoms with Crippen molar-refractivity contribution in [3.05, 3.63) is 48.6 Å². The van der Waals surface area contributed by atoms with Gasteiger partial charge in [0.05, 0.1) is 0 Å². The van der Waals surface area contributed by atoms with E-state index in [1.807, 2.05) is 0 Å². The van der Waals surface area contributed by atoms with Gasteiger partial charge in [0.15, 0.2) is 6.10 Å². The molecule has 0 aromatic heterocycles. The van der Waals surface area contributed by atoms with E-state index in [9.17, 15) is 14.4 Å². The maximum Gasteiger partial charge on any atom is 0.306 e. The molecule has 0 aromatic carbocycles. The van der Waals surface area contributed by atoms with Crippen molar-refractivity contribution in [2.24, 2.45) is 0 Å². The molecule has 372 valence electrons. The van der Waals surface area contributed by atoms with Crippen molar-refractivity contribution in [3.8, 4) is 0 Å². The summed E-state index contributed by atoms with van der Waals surface area (Å²) in [5.41, 5.74) is 0. The molecule has 0 aromatic rings. The smallest absolute Gasteiger partial charge is 0.306 e. The molecular weight excluding hydrogens is 793 g/mol. The highest BCUT2D eigenvalue weighted by molar-refractivity contribution is 5.71. The maximum absolute atomic E-state index is 12.8. The Morgan fingerprint density at radius 3 is 0.906 bits per heavy atom. The Bertz CT molecular complexity index is 1120. The van der Waals surface area contributed by atoms with Crippen LogP contribution < -0.4 is 0 Å². The molecule has 0 rings (SSSR count). The average Bonchev–Trinajstić information content (AvgIpc) is 3.29. The quantitative estimate of drug-likeness (QED) is 0.0262. The second-order valence-electron chi connectivity index (χ2n) is 18.5. The lowest BCUT2D eigenvalue weighted by molar-refractivity contribution is -0.167. The number of carbonyl (C=O) groups is 3. The molecule has 1 atom stereocenters. The molecule has 0 aliphatic carbocycles. The molecule has 0 spiro atoms. The summed E-state index contributed by atoms with van der Waals surface area (Å²) in [5.74, 6) is -0.896. The van der Waals surface area contributed by atoms with E-state index in [4.69, 9.17) is 14.2 Å². The summed E-state index contributed by atoms with van der Waals surface area (Å²) in [6.45, 7) is 6.60. The van der Waals surface area contributed by atoms with Gasteiger partial charge in [-0.1, -0.05) is 211 Å². The van der Waals surface area contributed by atoms with Gasteiger partial charge in [0.25, 0.3) is 0 Å². The van der Waals surface area contributed by atoms with E-state index in [0.717, 1.165) is 89.9 Å². The number of unbranched alkanes of at least 4 members (excludes halogenated alkanes) is 31. The predicted molar refractivity (Wildman–Crippen MR) is 275 cm³/mol. The molecule has 0 amide bonds. The summed E-state index contributed by atoms with van der Waals surface area (Å²) in [4.78, 5) is 38.1. The van der Waals surface area contributed by atoms with Crippen molar-refractivity contribution in [2.45, 2.75) is 290 Å². The number of carbonyl (C=O) groups excluding carboxylic acids is 3. The number of rotatable bonds is 50. The highest BCUT2D eigenvalue weighted by atomic mass is 16.6. The number of ether oxygens (including phenoxy) is 3. The van der Waals surface area contributed by atoms with Gasteiger partial charge in [-0.2, -0.15) is 0 Å². The highest BCUT2D eigenvalue weighted by Crippen LogP contribution is 2.15. The predicted octanol–water partition coefficient (Wildman–Crippen LogP) is 18.3. The lowest BCUT2D eigenvalue weighted by atomic mass is 10.1. The van der Waals surface area contributed by atoms with Crippen LogP contribution in [0.25, 0.3) is 0 Å². The number of hydrogen-bond donors (Lipinski definition) is 0. The second-order valence-corrected chi connectivity index (χ2v) is 18.5. The molecule has 0 N–H and O–H groups in total. The third-order valence-electron chi connectivity index (χ3n) is 12.0. The van der Waals surface area contributed by atoms with E-state index in [0.29, 0.717) is 19.3 Å². The van der Waals surface area contributed by atoms with Gasteiger partial charge in [0.1, 0.15) is 13.2 Å². The minimum atomic E-state index is -0.783. The molecule has 0 saturated heterocycles. The van der Waals surface area contributed by atoms with Gasteiger partial charge < -0.3 is 14.2 Å². The van der Waals surface area contributed by atoms with Crippen molar-refractivity contribution in [1.82, 2.24) is 0 Å². The Labute approximate surface area is 397 Å². The summed E-state index contributed by atoms with van der Waals surface area (Å²) in [5, 5.41) is 0. The molecule has 0 aliphatic heterocycles. The van der Waals surface area contributed by atoms with E-state index in [1.165, 1.54) is 154 Å². The molecule has 6 nitrogen and oxygen atoms in total. The van der Waals surface area contributed by atoms with E-state index in [-0.39, 0.29) is 31.1 Å². The van der Waals surface area contributed by atoms with Gasteiger partial charge in [-0.15, -0.1) is 0 Å². The van der Waals surface area contributed by atoms with Crippen LogP contribution in [0, 0.1) is 0 Å². The number of hydrogen-bond acceptors (Lipinski definition) is 6. The first kappa shape index (κ1) is 61.4. The molecular formula is C58H104O6. The maximum atomic E-state index is 12.8. The van der Waals surface area contributed by atoms with E-state index < -0.39 is 6.10 Å². The summed E-state index contributed by atoms with van der Waals surface area (Å²) >= 11 is 0. The Morgan fingerprint density at radius 2 is 0.562 bits per heavy atom. The third kappa shape index (κ3) is 50.4. The molecule has 0 saturated carbocycles. The van der Waals surface area contributed by atoms with E-state index in [2.05, 4.69) is 69.4 Å². The Kier molecular flexibility index (Phi) is 50.8. The minimum absolute atomic E-state index is 0.0821. The lowest BCUT2D eigenvalue weighted by Crippen LogP contribution is -2.30. The van der Waals surface area contributed by atoms with Gasteiger partial charge in [-0.25, -0.2) is 0 Å². The molecule has 0 bridgehead atoms. The zero-order valence-electron chi connectivity index (χ0n) is 42.6. The van der Waals surface area contributed by atoms with E-state index >= 15 is 0 Å². The van der Waals surface area contributed by atoms with Crippen LogP contribution in [0.2, 0.25) is 0 Å². The normalized spacial score (nSPS) is 12.4. The number of allylic oxidation sites excluding steroid dienone is 8. The van der Waals surface area contributed by atoms with Crippen LogP contribution in [0.5, 0.6) is 0 Å². The van der Waals surface area contributed by atoms with Crippen LogP contribution >= 0.6 is 0 Å². The first-order valence-electron chi connectivity index (χ1n) is 27.6. The Hall–Kier alpha value is -2.63. The van der Waals surface area contributed by atoms with Gasteiger partial charge in [-0.05, 0) is 103 Å². The van der Waals surface area contributed by atoms with E-state index in [1.54, 1.807) is 0 Å². The van der Waals surface area contributed by atoms with Crippen LogP contribution in [-0.2, 0) is 28.6 Å². The monoisotopic (exact) mass is 897 g/mol. The summed E-state index contributed by atoms with van der Waals surface area (Å²) in [6.07, 6.45) is 63.7. The summed E-state index contributed by atoms with van der Waals surface area (Å²) in [6, 6.07) is 0. The van der Waals surface area contributed by atoms with Gasteiger partial charge in [-0.3, -0.25) is 14.4 Å². The first-order chi connectivity index (χ1) is 31.5. The van der Waals surface area contributed by atoms with Crippen LogP contribution in [-0.4, -0.2) is 37.2 Å². The zero-order valence-corrected chi connectivity index (χ0v) is 42.6. The SMILES string of the molecule is CCCCC/C=C\C/C=C\CCCCCCCCCC(=O)OCC(COC(=O)CCCCCCC/C=C\CCCCCCC)OC(=O)CCCCCCC/C=C\CCCCCCCC. The minimum Gasteiger partial charge on any atom is -0.462 e. The molecule has 0 heterocycles. The largest absolute Gasteiger partial charge is 0.462 e. The highest BCUT2D eigenvalue weighted by Gasteiger charge is 2.19. The zero-order chi connectivity index (χ0) is 46.5. The molecule has 1 unspecified atom stereocenters. The molecule has 64 heavy (non-hydrogen) atoms. The fourth-order valence-electron chi connectivity index (χ4n) is 7.81. The van der Waals surface area contributed by atoms with Crippen molar-refractivity contribution < 1.29 is 28.6 Å². The molecule has 0 fully saturated rings. The Balaban J connectivity index is 4.39.